The highest BCUT2D eigenvalue weighted by atomic mass is 32.3. The maximum Gasteiger partial charge on any atom is 0.446 e. The summed E-state index contributed by atoms with van der Waals surface area (Å²) in [7, 11) is -4.72. The quantitative estimate of drug-likeness (QED) is 0.400. The number of anilines is 1. The van der Waals surface area contributed by atoms with Crippen molar-refractivity contribution in [2.45, 2.75) is 52.4 Å². The van der Waals surface area contributed by atoms with E-state index in [1.54, 1.807) is 6.07 Å². The first-order valence-corrected chi connectivity index (χ1v) is 12.4. The predicted molar refractivity (Wildman–Crippen MR) is 127 cm³/mol. The van der Waals surface area contributed by atoms with E-state index in [0.29, 0.717) is 18.8 Å². The summed E-state index contributed by atoms with van der Waals surface area (Å²) >= 11 is 0. The molecule has 13 heteroatoms. The maximum absolute atomic E-state index is 10.4. The number of morpholine rings is 1. The van der Waals surface area contributed by atoms with Crippen molar-refractivity contribution < 1.29 is 41.3 Å². The third kappa shape index (κ3) is 9.06. The first-order chi connectivity index (χ1) is 16.9. The maximum atomic E-state index is 10.4. The lowest BCUT2D eigenvalue weighted by molar-refractivity contribution is -0.255. The molecule has 1 fully saturated rings. The first kappa shape index (κ1) is 29.0. The van der Waals surface area contributed by atoms with Crippen LogP contribution in [0.1, 0.15) is 38.1 Å². The molecular weight excluding hydrogens is 494 g/mol. The van der Waals surface area contributed by atoms with Crippen molar-refractivity contribution in [1.29, 1.82) is 5.39 Å². The summed E-state index contributed by atoms with van der Waals surface area (Å²) in [5, 5.41) is 19.7. The van der Waals surface area contributed by atoms with Crippen LogP contribution in [0.2, 0.25) is 0 Å². The molecule has 0 amide bonds. The van der Waals surface area contributed by atoms with Crippen LogP contribution < -0.4 is 14.2 Å². The zero-order chi connectivity index (χ0) is 26.9. The lowest BCUT2D eigenvalue weighted by Gasteiger charge is -2.40. The van der Waals surface area contributed by atoms with Crippen molar-refractivity contribution in [3.63, 3.8) is 0 Å². The molecule has 12 nitrogen and oxygen atoms in total. The molecule has 0 spiro atoms. The van der Waals surface area contributed by atoms with Crippen molar-refractivity contribution in [2.75, 3.05) is 18.1 Å². The SMILES string of the molecule is CC(C)OC1CN(c2ccccc2[N+]#N)C(OC(C)C)CO1.O=C([O-])c1ccccc1OS(=O)(=O)O. The summed E-state index contributed by atoms with van der Waals surface area (Å²) in [4.78, 5) is 15.8. The third-order valence-corrected chi connectivity index (χ3v) is 4.96. The Morgan fingerprint density at radius 2 is 1.72 bits per heavy atom. The number of ether oxygens (including phenoxy) is 3. The van der Waals surface area contributed by atoms with Crippen LogP contribution in [0.3, 0.4) is 0 Å². The smallest absolute Gasteiger partial charge is 0.446 e. The van der Waals surface area contributed by atoms with Gasteiger partial charge in [-0.2, -0.15) is 8.42 Å². The van der Waals surface area contributed by atoms with Crippen LogP contribution in [-0.2, 0) is 24.6 Å². The molecule has 1 aliphatic rings. The van der Waals surface area contributed by atoms with Gasteiger partial charge in [0.1, 0.15) is 5.69 Å². The topological polar surface area (TPSA) is 163 Å². The van der Waals surface area contributed by atoms with Crippen LogP contribution >= 0.6 is 0 Å². The highest BCUT2D eigenvalue weighted by Crippen LogP contribution is 2.32. The second-order valence-electron chi connectivity index (χ2n) is 8.12. The largest absolute Gasteiger partial charge is 0.545 e. The monoisotopic (exact) mass is 523 g/mol. The van der Waals surface area contributed by atoms with Crippen molar-refractivity contribution >= 4 is 27.7 Å². The molecule has 2 aromatic rings. The highest BCUT2D eigenvalue weighted by molar-refractivity contribution is 7.81. The molecule has 0 bridgehead atoms. The molecule has 1 heterocycles. The van der Waals surface area contributed by atoms with E-state index in [1.165, 1.54) is 12.1 Å². The van der Waals surface area contributed by atoms with Gasteiger partial charge in [0.2, 0.25) is 5.39 Å². The van der Waals surface area contributed by atoms with Crippen LogP contribution in [-0.4, -0.2) is 56.8 Å². The summed E-state index contributed by atoms with van der Waals surface area (Å²) in [6.07, 6.45) is -0.433. The van der Waals surface area contributed by atoms with E-state index in [4.69, 9.17) is 18.8 Å². The van der Waals surface area contributed by atoms with E-state index in [0.717, 1.165) is 17.8 Å². The average Bonchev–Trinajstić information content (AvgIpc) is 2.79. The Morgan fingerprint density at radius 3 is 2.31 bits per heavy atom. The summed E-state index contributed by atoms with van der Waals surface area (Å²) in [6, 6.07) is 12.3. The number of benzene rings is 2. The second-order valence-corrected chi connectivity index (χ2v) is 9.15. The number of nitrogens with zero attached hydrogens (tertiary/aromatic N) is 3. The molecule has 2 atom stereocenters. The molecule has 1 aliphatic heterocycles. The van der Waals surface area contributed by atoms with Gasteiger partial charge in [0.15, 0.2) is 23.2 Å². The van der Waals surface area contributed by atoms with E-state index in [9.17, 15) is 23.7 Å². The summed E-state index contributed by atoms with van der Waals surface area (Å²) in [6.45, 7) is 8.83. The summed E-state index contributed by atoms with van der Waals surface area (Å²) < 4.78 is 50.3. The summed E-state index contributed by atoms with van der Waals surface area (Å²) in [5.74, 6) is -2.08. The van der Waals surface area contributed by atoms with Gasteiger partial charge in [-0.3, -0.25) is 4.55 Å². The van der Waals surface area contributed by atoms with Gasteiger partial charge >= 0.3 is 16.1 Å². The van der Waals surface area contributed by atoms with E-state index in [1.807, 2.05) is 50.8 Å². The Balaban J connectivity index is 0.000000281. The Labute approximate surface area is 209 Å². The number of carbonyl (C=O) groups excluding carboxylic acids is 1. The summed E-state index contributed by atoms with van der Waals surface area (Å²) in [5.41, 5.74) is 0.853. The Bertz CT molecular complexity index is 1170. The van der Waals surface area contributed by atoms with Crippen LogP contribution in [0, 0.1) is 5.39 Å². The zero-order valence-corrected chi connectivity index (χ0v) is 21.1. The van der Waals surface area contributed by atoms with Gasteiger partial charge in [0.25, 0.3) is 0 Å². The van der Waals surface area contributed by atoms with E-state index in [-0.39, 0.29) is 24.7 Å². The van der Waals surface area contributed by atoms with Crippen LogP contribution in [0.5, 0.6) is 5.75 Å². The number of hydrogen-bond donors (Lipinski definition) is 1. The number of para-hydroxylation sites is 2. The van der Waals surface area contributed by atoms with E-state index in [2.05, 4.69) is 9.16 Å². The minimum atomic E-state index is -4.72. The molecule has 2 unspecified atom stereocenters. The molecule has 196 valence electrons. The second kappa shape index (κ2) is 13.1. The Morgan fingerprint density at radius 1 is 1.11 bits per heavy atom. The number of diazo groups is 1. The number of carboxylic acid groups (broad SMARTS) is 1. The van der Waals surface area contributed by atoms with Gasteiger partial charge in [0.05, 0.1) is 31.3 Å². The van der Waals surface area contributed by atoms with Gasteiger partial charge in [-0.25, -0.2) is 0 Å². The van der Waals surface area contributed by atoms with Crippen molar-refractivity contribution in [1.82, 2.24) is 0 Å². The number of rotatable bonds is 8. The van der Waals surface area contributed by atoms with E-state index < -0.39 is 27.7 Å². The molecule has 2 aromatic carbocycles. The minimum Gasteiger partial charge on any atom is -0.545 e. The molecule has 0 radical (unpaired) electrons. The number of hydrogen-bond acceptors (Lipinski definition) is 10. The number of aromatic carboxylic acids is 1. The van der Waals surface area contributed by atoms with Gasteiger partial charge < -0.3 is 33.2 Å². The van der Waals surface area contributed by atoms with Gasteiger partial charge in [-0.15, -0.1) is 0 Å². The molecule has 3 rings (SSSR count). The van der Waals surface area contributed by atoms with Gasteiger partial charge in [-0.05, 0) is 45.9 Å². The Kier molecular flexibility index (Phi) is 10.6. The first-order valence-electron chi connectivity index (χ1n) is 11.0. The molecular formula is C23H29N3O9S. The highest BCUT2D eigenvalue weighted by Gasteiger charge is 2.34. The third-order valence-electron chi connectivity index (χ3n) is 4.57. The lowest BCUT2D eigenvalue weighted by atomic mass is 10.2. The van der Waals surface area contributed by atoms with Crippen LogP contribution in [0.15, 0.2) is 48.5 Å². The minimum absolute atomic E-state index is 0.0666. The molecule has 0 aromatic heterocycles. The standard InChI is InChI=1S/C16H24N3O3.C7H6O6S/c1-11(2)21-15-10-20-16(22-12(3)4)9-19(15)14-8-6-5-7-13(14)18-17;8-7(9)5-3-1-2-4-6(5)13-14(10,11)12/h5-8,11-12,15-16H,9-10H2,1-4H3;1-4H,(H,8,9)(H,10,11,12)/q+1;/p-1. The van der Waals surface area contributed by atoms with E-state index >= 15 is 0 Å². The van der Waals surface area contributed by atoms with Crippen molar-refractivity contribution in [3.8, 4) is 5.75 Å². The van der Waals surface area contributed by atoms with Crippen molar-refractivity contribution in [2.24, 2.45) is 0 Å². The number of carboxylic acids is 1. The average molecular weight is 524 g/mol. The normalized spacial score (nSPS) is 17.8. The fourth-order valence-electron chi connectivity index (χ4n) is 3.29. The van der Waals surface area contributed by atoms with Crippen LogP contribution in [0.4, 0.5) is 11.4 Å². The Hall–Kier alpha value is -3.28. The van der Waals surface area contributed by atoms with Gasteiger partial charge in [-0.1, -0.05) is 24.3 Å². The molecule has 1 saturated heterocycles. The predicted octanol–water partition coefficient (Wildman–Crippen LogP) is 2.74. The molecule has 0 saturated carbocycles. The molecule has 1 N–H and O–H groups in total. The van der Waals surface area contributed by atoms with Crippen molar-refractivity contribution in [3.05, 3.63) is 59.1 Å². The molecule has 36 heavy (non-hydrogen) atoms. The number of carbonyl (C=O) groups is 1. The van der Waals surface area contributed by atoms with Gasteiger partial charge in [0, 0.05) is 11.6 Å². The van der Waals surface area contributed by atoms with Crippen LogP contribution in [0.25, 0.3) is 4.98 Å². The fourth-order valence-corrected chi connectivity index (χ4v) is 3.66. The zero-order valence-electron chi connectivity index (χ0n) is 20.3. The fraction of sp³-hybridized carbons (Fsp3) is 0.435. The molecule has 0 aliphatic carbocycles. The lowest BCUT2D eigenvalue weighted by Crippen LogP contribution is -2.53.